The van der Waals surface area contributed by atoms with Gasteiger partial charge in [0.1, 0.15) is 35.7 Å². The number of amides is 2. The van der Waals surface area contributed by atoms with Gasteiger partial charge in [-0.25, -0.2) is 18.4 Å². The summed E-state index contributed by atoms with van der Waals surface area (Å²) in [6, 6.07) is 3.11. The summed E-state index contributed by atoms with van der Waals surface area (Å²) in [6.45, 7) is 2.80. The molecule has 1 aromatic carbocycles. The molecule has 36 heavy (non-hydrogen) atoms. The minimum atomic E-state index is -1.67. The van der Waals surface area contributed by atoms with E-state index in [9.17, 15) is 28.3 Å². The Bertz CT molecular complexity index is 1080. The zero-order valence-corrected chi connectivity index (χ0v) is 20.5. The maximum atomic E-state index is 14.6. The van der Waals surface area contributed by atoms with Crippen molar-refractivity contribution in [1.29, 1.82) is 0 Å². The Kier molecular flexibility index (Phi) is 8.44. The van der Waals surface area contributed by atoms with Crippen LogP contribution in [0.4, 0.5) is 13.6 Å². The van der Waals surface area contributed by atoms with E-state index < -0.39 is 17.2 Å². The molecule has 1 atom stereocenters. The van der Waals surface area contributed by atoms with Crippen molar-refractivity contribution in [3.63, 3.8) is 0 Å². The number of nitrogens with zero attached hydrogens (tertiary/aromatic N) is 6. The van der Waals surface area contributed by atoms with Crippen LogP contribution >= 0.6 is 11.8 Å². The van der Waals surface area contributed by atoms with E-state index in [2.05, 4.69) is 10.1 Å². The standard InChI is InChI=1S/C23H28F2N6O4S/c24-17-3-4-19(20(25)10-17)23(35,14-30-16-26-15-27-30)13-29-8-6-28(7-9-29)11-18(32)2-1-5-31-21(33)12-36-22(31)34/h3-4,10,15-16,35H,1-2,5-9,11-14H2. The number of hydrogen-bond donors (Lipinski definition) is 1. The van der Waals surface area contributed by atoms with Gasteiger partial charge in [0, 0.05) is 57.3 Å². The van der Waals surface area contributed by atoms with Crippen LogP contribution in [0, 0.1) is 11.6 Å². The third kappa shape index (κ3) is 6.52. The first-order valence-electron chi connectivity index (χ1n) is 11.7. The number of piperazine rings is 1. The van der Waals surface area contributed by atoms with Gasteiger partial charge in [0.05, 0.1) is 18.8 Å². The lowest BCUT2D eigenvalue weighted by atomic mass is 9.92. The Balaban J connectivity index is 1.28. The van der Waals surface area contributed by atoms with Crippen LogP contribution in [0.15, 0.2) is 30.9 Å². The maximum Gasteiger partial charge on any atom is 0.288 e. The van der Waals surface area contributed by atoms with E-state index in [4.69, 9.17) is 0 Å². The van der Waals surface area contributed by atoms with E-state index in [0.717, 1.165) is 23.9 Å². The Morgan fingerprint density at radius 3 is 2.50 bits per heavy atom. The van der Waals surface area contributed by atoms with Crippen molar-refractivity contribution in [3.05, 3.63) is 48.1 Å². The number of Topliss-reactive ketones (excluding diaryl/α,β-unsaturated/α-hetero) is 1. The highest BCUT2D eigenvalue weighted by Crippen LogP contribution is 2.28. The summed E-state index contributed by atoms with van der Waals surface area (Å²) in [5.74, 6) is -1.57. The molecule has 3 heterocycles. The van der Waals surface area contributed by atoms with E-state index in [0.29, 0.717) is 32.6 Å². The molecule has 1 unspecified atom stereocenters. The fourth-order valence-corrected chi connectivity index (χ4v) is 5.26. The zero-order chi connectivity index (χ0) is 25.7. The predicted octanol–water partition coefficient (Wildman–Crippen LogP) is 1.11. The molecule has 194 valence electrons. The lowest BCUT2D eigenvalue weighted by Gasteiger charge is -2.39. The average molecular weight is 523 g/mol. The predicted molar refractivity (Wildman–Crippen MR) is 127 cm³/mol. The lowest BCUT2D eigenvalue weighted by molar-refractivity contribution is -0.125. The zero-order valence-electron chi connectivity index (χ0n) is 19.7. The van der Waals surface area contributed by atoms with Crippen LogP contribution in [-0.4, -0.2) is 103 Å². The normalized spacial score (nSPS) is 19.1. The molecule has 0 bridgehead atoms. The maximum absolute atomic E-state index is 14.6. The van der Waals surface area contributed by atoms with Gasteiger partial charge in [-0.15, -0.1) is 0 Å². The van der Waals surface area contributed by atoms with Gasteiger partial charge in [0.25, 0.3) is 5.24 Å². The summed E-state index contributed by atoms with van der Waals surface area (Å²) in [6.07, 6.45) is 3.46. The molecular formula is C23H28F2N6O4S. The van der Waals surface area contributed by atoms with Crippen LogP contribution in [0.3, 0.4) is 0 Å². The highest BCUT2D eigenvalue weighted by Gasteiger charge is 2.36. The Labute approximate surface area is 211 Å². The van der Waals surface area contributed by atoms with Crippen molar-refractivity contribution in [1.82, 2.24) is 29.5 Å². The van der Waals surface area contributed by atoms with Crippen molar-refractivity contribution in [2.45, 2.75) is 25.0 Å². The number of ketones is 1. The molecule has 13 heteroatoms. The molecule has 0 radical (unpaired) electrons. The molecule has 2 aliphatic heterocycles. The minimum Gasteiger partial charge on any atom is -0.382 e. The second kappa shape index (κ2) is 11.5. The van der Waals surface area contributed by atoms with Gasteiger partial charge < -0.3 is 5.11 Å². The molecule has 1 N–H and O–H groups in total. The van der Waals surface area contributed by atoms with Crippen LogP contribution in [0.25, 0.3) is 0 Å². The van der Waals surface area contributed by atoms with Gasteiger partial charge in [-0.2, -0.15) is 5.10 Å². The first kappa shape index (κ1) is 26.3. The topological polar surface area (TPSA) is 112 Å². The number of aromatic nitrogens is 3. The van der Waals surface area contributed by atoms with Crippen LogP contribution in [0.1, 0.15) is 18.4 Å². The van der Waals surface area contributed by atoms with E-state index in [1.807, 2.05) is 9.80 Å². The van der Waals surface area contributed by atoms with Crippen LogP contribution in [0.2, 0.25) is 0 Å². The van der Waals surface area contributed by atoms with Crippen molar-refractivity contribution in [2.75, 3.05) is 51.6 Å². The monoisotopic (exact) mass is 522 g/mol. The van der Waals surface area contributed by atoms with E-state index in [1.54, 1.807) is 0 Å². The first-order valence-corrected chi connectivity index (χ1v) is 12.7. The molecule has 2 aromatic rings. The van der Waals surface area contributed by atoms with Gasteiger partial charge in [0.2, 0.25) is 5.91 Å². The first-order chi connectivity index (χ1) is 17.2. The third-order valence-corrected chi connectivity index (χ3v) is 7.21. The number of aliphatic hydroxyl groups is 1. The lowest BCUT2D eigenvalue weighted by Crippen LogP contribution is -2.53. The van der Waals surface area contributed by atoms with Crippen LogP contribution in [0.5, 0.6) is 0 Å². The number of carbonyl (C=O) groups excluding carboxylic acids is 3. The van der Waals surface area contributed by atoms with Gasteiger partial charge in [0.15, 0.2) is 0 Å². The summed E-state index contributed by atoms with van der Waals surface area (Å²) < 4.78 is 29.5. The highest BCUT2D eigenvalue weighted by molar-refractivity contribution is 8.14. The summed E-state index contributed by atoms with van der Waals surface area (Å²) in [5.41, 5.74) is -1.70. The Morgan fingerprint density at radius 1 is 1.11 bits per heavy atom. The summed E-state index contributed by atoms with van der Waals surface area (Å²) in [7, 11) is 0. The van der Waals surface area contributed by atoms with Gasteiger partial charge in [-0.3, -0.25) is 29.1 Å². The molecule has 2 saturated heterocycles. The molecule has 0 spiro atoms. The number of imide groups is 1. The van der Waals surface area contributed by atoms with Crippen molar-refractivity contribution in [2.24, 2.45) is 0 Å². The second-order valence-electron chi connectivity index (χ2n) is 9.04. The molecule has 2 amide bonds. The third-order valence-electron chi connectivity index (χ3n) is 6.35. The van der Waals surface area contributed by atoms with Crippen molar-refractivity contribution in [3.8, 4) is 0 Å². The Hall–Kier alpha value is -2.74. The summed E-state index contributed by atoms with van der Waals surface area (Å²) >= 11 is 0.982. The van der Waals surface area contributed by atoms with Crippen molar-refractivity contribution < 1.29 is 28.3 Å². The van der Waals surface area contributed by atoms with Gasteiger partial charge in [-0.1, -0.05) is 17.8 Å². The van der Waals surface area contributed by atoms with Crippen LogP contribution < -0.4 is 0 Å². The fraction of sp³-hybridized carbons (Fsp3) is 0.522. The van der Waals surface area contributed by atoms with E-state index in [1.165, 1.54) is 28.3 Å². The molecule has 10 nitrogen and oxygen atoms in total. The quantitative estimate of drug-likeness (QED) is 0.464. The van der Waals surface area contributed by atoms with Gasteiger partial charge >= 0.3 is 0 Å². The smallest absolute Gasteiger partial charge is 0.288 e. The minimum absolute atomic E-state index is 0.0228. The number of benzene rings is 1. The molecule has 2 fully saturated rings. The number of rotatable bonds is 11. The number of thioether (sulfide) groups is 1. The molecular weight excluding hydrogens is 494 g/mol. The average Bonchev–Trinajstić information content (AvgIpc) is 3.45. The molecule has 2 aliphatic rings. The number of β-amino-alcohol motifs (C(OH)–C–C–N with tert-alkyl or cyclic N) is 1. The largest absolute Gasteiger partial charge is 0.382 e. The van der Waals surface area contributed by atoms with Crippen LogP contribution in [-0.2, 0) is 21.7 Å². The SMILES string of the molecule is O=C(CCCN1C(=O)CSC1=O)CN1CCN(CC(O)(Cn2cncn2)c2ccc(F)cc2F)CC1. The number of halogens is 2. The number of carbonyl (C=O) groups is 3. The second-order valence-corrected chi connectivity index (χ2v) is 9.97. The van der Waals surface area contributed by atoms with Crippen molar-refractivity contribution >= 4 is 28.7 Å². The molecule has 0 aliphatic carbocycles. The molecule has 0 saturated carbocycles. The fourth-order valence-electron chi connectivity index (χ4n) is 4.50. The number of hydrogen-bond acceptors (Lipinski definition) is 9. The summed E-state index contributed by atoms with van der Waals surface area (Å²) in [4.78, 5) is 44.7. The highest BCUT2D eigenvalue weighted by atomic mass is 32.2. The van der Waals surface area contributed by atoms with E-state index in [-0.39, 0.29) is 60.8 Å². The molecule has 4 rings (SSSR count). The molecule has 1 aromatic heterocycles. The van der Waals surface area contributed by atoms with Gasteiger partial charge in [-0.05, 0) is 12.5 Å². The summed E-state index contributed by atoms with van der Waals surface area (Å²) in [5, 5.41) is 15.3. The Morgan fingerprint density at radius 2 is 1.86 bits per heavy atom. The van der Waals surface area contributed by atoms with E-state index >= 15 is 0 Å².